The van der Waals surface area contributed by atoms with E-state index in [9.17, 15) is 0 Å². The zero-order chi connectivity index (χ0) is 2.71. The molecule has 0 saturated carbocycles. The van der Waals surface area contributed by atoms with E-state index in [-0.39, 0.29) is 17.1 Å². The maximum absolute atomic E-state index is 8.35. The largest absolute Gasteiger partial charge is 0.231 e. The summed E-state index contributed by atoms with van der Waals surface area (Å²) in [4.78, 5) is 8.35. The van der Waals surface area contributed by atoms with E-state index in [0.29, 0.717) is 0 Å². The number of carbonyl (C=O) groups excluding carboxylic acids is 1. The van der Waals surface area contributed by atoms with Crippen LogP contribution in [0.4, 0.5) is 0 Å². The zero-order valence-corrected chi connectivity index (χ0v) is 2.65. The molecule has 0 saturated heterocycles. The molecule has 0 aliphatic heterocycles. The summed E-state index contributed by atoms with van der Waals surface area (Å²) >= 11 is 0. The molecule has 0 heterocycles. The van der Waals surface area contributed by atoms with Crippen molar-refractivity contribution < 1.29 is 21.9 Å². The molecule has 2 nitrogen and oxygen atoms in total. The molecule has 0 spiro atoms. The van der Waals surface area contributed by atoms with Crippen LogP contribution in [0.15, 0.2) is 0 Å². The monoisotopic (exact) mass is 106 g/mol. The summed E-state index contributed by atoms with van der Waals surface area (Å²) < 4.78 is 0. The molecule has 0 amide bonds. The predicted molar refractivity (Wildman–Crippen MR) is 8.41 cm³/mol. The van der Waals surface area contributed by atoms with E-state index in [0.717, 1.165) is 6.08 Å². The summed E-state index contributed by atoms with van der Waals surface area (Å²) in [7, 11) is 0. The van der Waals surface area contributed by atoms with Crippen molar-refractivity contribution in [3.05, 3.63) is 0 Å². The van der Waals surface area contributed by atoms with Crippen LogP contribution in [0.2, 0.25) is 0 Å². The van der Waals surface area contributed by atoms with E-state index < -0.39 is 0 Å². The molecule has 27 valence electrons. The first kappa shape index (κ1) is 9.09. The topological polar surface area (TPSA) is 40.9 Å². The molecule has 3 heteroatoms. The summed E-state index contributed by atoms with van der Waals surface area (Å²) in [6, 6.07) is 0. The van der Waals surface area contributed by atoms with Gasteiger partial charge in [-0.15, -0.1) is 0 Å². The smallest absolute Gasteiger partial charge is 0.222 e. The van der Waals surface area contributed by atoms with E-state index in [1.165, 1.54) is 0 Å². The molecule has 1 N–H and O–H groups in total. The molecular formula is CHCuNO. The van der Waals surface area contributed by atoms with Gasteiger partial charge in [0, 0.05) is 17.1 Å². The van der Waals surface area contributed by atoms with Crippen LogP contribution >= 0.6 is 0 Å². The van der Waals surface area contributed by atoms with Crippen molar-refractivity contribution in [2.24, 2.45) is 0 Å². The maximum atomic E-state index is 8.35. The number of rotatable bonds is 0. The second kappa shape index (κ2) is 12.9. The number of hydrogen-bond acceptors (Lipinski definition) is 2. The van der Waals surface area contributed by atoms with Crippen LogP contribution < -0.4 is 0 Å². The van der Waals surface area contributed by atoms with E-state index >= 15 is 0 Å². The molecule has 0 fully saturated rings. The van der Waals surface area contributed by atoms with E-state index in [1.807, 2.05) is 0 Å². The number of nitrogens with one attached hydrogen (secondary N) is 1. The van der Waals surface area contributed by atoms with Gasteiger partial charge in [0.05, 0.1) is 0 Å². The predicted octanol–water partition coefficient (Wildman–Crippen LogP) is -0.102. The van der Waals surface area contributed by atoms with Crippen molar-refractivity contribution in [2.45, 2.75) is 0 Å². The van der Waals surface area contributed by atoms with Crippen LogP contribution in [-0.2, 0) is 21.9 Å². The fourth-order valence-corrected chi connectivity index (χ4v) is 0. The Morgan fingerprint density at radius 3 is 1.75 bits per heavy atom. The van der Waals surface area contributed by atoms with Gasteiger partial charge in [-0.3, -0.25) is 0 Å². The van der Waals surface area contributed by atoms with Crippen LogP contribution in [0.25, 0.3) is 0 Å². The molecule has 0 atom stereocenters. The second-order valence-electron chi connectivity index (χ2n) is 0.102. The molecule has 0 aliphatic rings. The SMILES string of the molecule is N=C=O.[Cu]. The average molecular weight is 107 g/mol. The molecule has 0 unspecified atom stereocenters. The van der Waals surface area contributed by atoms with Gasteiger partial charge in [-0.25, -0.2) is 10.2 Å². The maximum Gasteiger partial charge on any atom is 0.231 e. The third-order valence-corrected chi connectivity index (χ3v) is 0. The van der Waals surface area contributed by atoms with Crippen molar-refractivity contribution in [3.63, 3.8) is 0 Å². The zero-order valence-electron chi connectivity index (χ0n) is 1.71. The first-order valence-electron chi connectivity index (χ1n) is 0.454. The Labute approximate surface area is 34.2 Å². The summed E-state index contributed by atoms with van der Waals surface area (Å²) in [5, 5.41) is 5.40. The minimum Gasteiger partial charge on any atom is -0.222 e. The third-order valence-electron chi connectivity index (χ3n) is 0. The van der Waals surface area contributed by atoms with Crippen molar-refractivity contribution in [1.82, 2.24) is 0 Å². The fraction of sp³-hybridized carbons (Fsp3) is 0. The Balaban J connectivity index is 0. The Hall–Kier alpha value is -0.101. The molecule has 0 rings (SSSR count). The fourth-order valence-electron chi connectivity index (χ4n) is 0. The Morgan fingerprint density at radius 1 is 1.75 bits per heavy atom. The van der Waals surface area contributed by atoms with Crippen molar-refractivity contribution >= 4 is 6.08 Å². The standard InChI is InChI=1S/CHNO.Cu/c2-1-3;/h2H;. The molecule has 0 aromatic carbocycles. The van der Waals surface area contributed by atoms with E-state index in [2.05, 4.69) is 0 Å². The van der Waals surface area contributed by atoms with Crippen molar-refractivity contribution in [2.75, 3.05) is 0 Å². The third kappa shape index (κ3) is 152. The van der Waals surface area contributed by atoms with Crippen LogP contribution in [0, 0.1) is 5.41 Å². The normalized spacial score (nSPS) is 2.00. The van der Waals surface area contributed by atoms with Gasteiger partial charge in [-0.1, -0.05) is 0 Å². The molecular weight excluding hydrogens is 106 g/mol. The van der Waals surface area contributed by atoms with Crippen molar-refractivity contribution in [1.29, 1.82) is 5.41 Å². The molecule has 0 aromatic rings. The summed E-state index contributed by atoms with van der Waals surface area (Å²) in [6.45, 7) is 0. The Bertz CT molecular complexity index is 29.0. The molecule has 0 aromatic heterocycles. The molecule has 0 bridgehead atoms. The van der Waals surface area contributed by atoms with Gasteiger partial charge in [0.2, 0.25) is 6.08 Å². The minimum atomic E-state index is 0. The first-order chi connectivity index (χ1) is 1.41. The van der Waals surface area contributed by atoms with Crippen LogP contribution in [0.5, 0.6) is 0 Å². The Kier molecular flexibility index (Phi) is 29.4. The summed E-state index contributed by atoms with van der Waals surface area (Å²) in [5.41, 5.74) is 0. The van der Waals surface area contributed by atoms with Gasteiger partial charge in [-0.2, -0.15) is 0 Å². The summed E-state index contributed by atoms with van der Waals surface area (Å²) in [6.07, 6.45) is 0.750. The quantitative estimate of drug-likeness (QED) is 0.262. The van der Waals surface area contributed by atoms with Crippen LogP contribution in [0.3, 0.4) is 0 Å². The minimum absolute atomic E-state index is 0. The van der Waals surface area contributed by atoms with Gasteiger partial charge in [-0.05, 0) is 0 Å². The van der Waals surface area contributed by atoms with Gasteiger partial charge in [0.25, 0.3) is 0 Å². The van der Waals surface area contributed by atoms with Gasteiger partial charge < -0.3 is 0 Å². The number of isocyanates is 1. The first-order valence-corrected chi connectivity index (χ1v) is 0.454. The summed E-state index contributed by atoms with van der Waals surface area (Å²) in [5.74, 6) is 0. The van der Waals surface area contributed by atoms with E-state index in [1.54, 1.807) is 0 Å². The van der Waals surface area contributed by atoms with Crippen LogP contribution in [-0.4, -0.2) is 6.08 Å². The average Bonchev–Trinajstić information content (AvgIpc) is 0.918. The second-order valence-corrected chi connectivity index (χ2v) is 0.102. The van der Waals surface area contributed by atoms with Gasteiger partial charge in [0.1, 0.15) is 0 Å². The van der Waals surface area contributed by atoms with Crippen molar-refractivity contribution in [3.8, 4) is 0 Å². The number of hydrogen-bond donors (Lipinski definition) is 1. The Morgan fingerprint density at radius 2 is 1.75 bits per heavy atom. The van der Waals surface area contributed by atoms with E-state index in [4.69, 9.17) is 10.2 Å². The molecule has 1 radical (unpaired) electrons. The molecule has 4 heavy (non-hydrogen) atoms. The van der Waals surface area contributed by atoms with Crippen LogP contribution in [0.1, 0.15) is 0 Å². The molecule has 0 aliphatic carbocycles. The van der Waals surface area contributed by atoms with Gasteiger partial charge in [0.15, 0.2) is 0 Å². The van der Waals surface area contributed by atoms with Gasteiger partial charge >= 0.3 is 0 Å².